The fourth-order valence-electron chi connectivity index (χ4n) is 2.63. The number of hydrogen-bond donors (Lipinski definition) is 1. The van der Waals surface area contributed by atoms with E-state index in [0.29, 0.717) is 24.5 Å². The number of aromatic nitrogens is 6. The summed E-state index contributed by atoms with van der Waals surface area (Å²) in [5, 5.41) is 11.2. The van der Waals surface area contributed by atoms with Gasteiger partial charge in [0.15, 0.2) is 5.82 Å². The van der Waals surface area contributed by atoms with Crippen molar-refractivity contribution in [3.8, 4) is 0 Å². The molecule has 8 nitrogen and oxygen atoms in total. The van der Waals surface area contributed by atoms with Crippen molar-refractivity contribution in [1.29, 1.82) is 0 Å². The summed E-state index contributed by atoms with van der Waals surface area (Å²) in [7, 11) is 0. The first-order chi connectivity index (χ1) is 13.3. The summed E-state index contributed by atoms with van der Waals surface area (Å²) in [6.07, 6.45) is 6.70. The third kappa shape index (κ3) is 4.24. The Kier molecular flexibility index (Phi) is 4.69. The predicted molar refractivity (Wildman–Crippen MR) is 99.1 cm³/mol. The number of carbonyl (C=O) groups is 1. The molecule has 3 heterocycles. The Morgan fingerprint density at radius 2 is 1.89 bits per heavy atom. The Labute approximate surface area is 155 Å². The number of nitrogens with zero attached hydrogens (tertiary/aromatic N) is 6. The van der Waals surface area contributed by atoms with Crippen molar-refractivity contribution in [2.24, 2.45) is 0 Å². The van der Waals surface area contributed by atoms with Crippen LogP contribution in [-0.2, 0) is 13.1 Å². The molecule has 0 saturated heterocycles. The van der Waals surface area contributed by atoms with E-state index < -0.39 is 0 Å². The van der Waals surface area contributed by atoms with Crippen LogP contribution in [0.2, 0.25) is 0 Å². The van der Waals surface area contributed by atoms with Gasteiger partial charge in [0.1, 0.15) is 12.7 Å². The molecule has 8 heteroatoms. The molecule has 3 aromatic heterocycles. The van der Waals surface area contributed by atoms with E-state index in [1.165, 1.54) is 6.33 Å². The fraction of sp³-hybridized carbons (Fsp3) is 0.105. The molecule has 0 atom stereocenters. The molecule has 4 aromatic rings. The second kappa shape index (κ2) is 7.61. The van der Waals surface area contributed by atoms with E-state index in [1.54, 1.807) is 40.1 Å². The molecule has 0 aliphatic heterocycles. The van der Waals surface area contributed by atoms with Gasteiger partial charge in [0.05, 0.1) is 18.8 Å². The van der Waals surface area contributed by atoms with Crippen LogP contribution in [0, 0.1) is 0 Å². The van der Waals surface area contributed by atoms with E-state index in [1.807, 2.05) is 36.5 Å². The van der Waals surface area contributed by atoms with Crippen LogP contribution in [0.3, 0.4) is 0 Å². The zero-order valence-electron chi connectivity index (χ0n) is 14.4. The second-order valence-corrected chi connectivity index (χ2v) is 5.96. The Bertz CT molecular complexity index is 1010. The van der Waals surface area contributed by atoms with Gasteiger partial charge in [-0.3, -0.25) is 14.5 Å². The van der Waals surface area contributed by atoms with Gasteiger partial charge in [0.25, 0.3) is 5.91 Å². The first-order valence-corrected chi connectivity index (χ1v) is 8.42. The number of hydrogen-bond acceptors (Lipinski definition) is 5. The number of carbonyl (C=O) groups excluding carboxylic acids is 1. The maximum absolute atomic E-state index is 12.4. The molecule has 0 unspecified atom stereocenters. The van der Waals surface area contributed by atoms with Crippen molar-refractivity contribution in [2.45, 2.75) is 13.1 Å². The SMILES string of the molecule is O=C(Nc1ccn(Cc2ccccn2)n1)c1ccc(Cn2cncn2)cc1. The van der Waals surface area contributed by atoms with Gasteiger partial charge in [-0.15, -0.1) is 0 Å². The summed E-state index contributed by atoms with van der Waals surface area (Å²) in [5.74, 6) is 0.299. The van der Waals surface area contributed by atoms with Gasteiger partial charge in [-0.25, -0.2) is 9.67 Å². The van der Waals surface area contributed by atoms with Gasteiger partial charge in [-0.2, -0.15) is 10.2 Å². The van der Waals surface area contributed by atoms with Gasteiger partial charge in [0, 0.05) is 24.0 Å². The van der Waals surface area contributed by atoms with Crippen LogP contribution in [0.4, 0.5) is 5.82 Å². The predicted octanol–water partition coefficient (Wildman–Crippen LogP) is 2.22. The van der Waals surface area contributed by atoms with E-state index in [2.05, 4.69) is 25.5 Å². The standard InChI is InChI=1S/C19H17N7O/c27-19(16-6-4-15(5-7-16)11-26-14-20-13-22-26)23-18-8-10-25(24-18)12-17-3-1-2-9-21-17/h1-10,13-14H,11-12H2,(H,23,24,27). The molecule has 27 heavy (non-hydrogen) atoms. The van der Waals surface area contributed by atoms with Crippen molar-refractivity contribution in [2.75, 3.05) is 5.32 Å². The minimum Gasteiger partial charge on any atom is -0.305 e. The molecule has 0 aliphatic rings. The Morgan fingerprint density at radius 1 is 1.00 bits per heavy atom. The molecule has 0 saturated carbocycles. The topological polar surface area (TPSA) is 90.5 Å². The van der Waals surface area contributed by atoms with E-state index in [0.717, 1.165) is 11.3 Å². The fourth-order valence-corrected chi connectivity index (χ4v) is 2.63. The number of rotatable bonds is 6. The highest BCUT2D eigenvalue weighted by Gasteiger charge is 2.09. The third-order valence-corrected chi connectivity index (χ3v) is 3.96. The monoisotopic (exact) mass is 359 g/mol. The molecule has 134 valence electrons. The van der Waals surface area contributed by atoms with Gasteiger partial charge in [-0.1, -0.05) is 18.2 Å². The van der Waals surface area contributed by atoms with Crippen molar-refractivity contribution < 1.29 is 4.79 Å². The Balaban J connectivity index is 1.37. The van der Waals surface area contributed by atoms with E-state index >= 15 is 0 Å². The molecule has 0 aliphatic carbocycles. The largest absolute Gasteiger partial charge is 0.305 e. The highest BCUT2D eigenvalue weighted by molar-refractivity contribution is 6.03. The number of benzene rings is 1. The summed E-state index contributed by atoms with van der Waals surface area (Å²) < 4.78 is 3.46. The minimum absolute atomic E-state index is 0.203. The minimum atomic E-state index is -0.203. The van der Waals surface area contributed by atoms with E-state index in [-0.39, 0.29) is 5.91 Å². The first-order valence-electron chi connectivity index (χ1n) is 8.42. The van der Waals surface area contributed by atoms with Crippen molar-refractivity contribution in [3.63, 3.8) is 0 Å². The van der Waals surface area contributed by atoms with Gasteiger partial charge < -0.3 is 5.32 Å². The lowest BCUT2D eigenvalue weighted by molar-refractivity contribution is 0.102. The molecule has 0 bridgehead atoms. The van der Waals surface area contributed by atoms with Crippen LogP contribution >= 0.6 is 0 Å². The normalized spacial score (nSPS) is 10.7. The smallest absolute Gasteiger partial charge is 0.256 e. The summed E-state index contributed by atoms with van der Waals surface area (Å²) in [4.78, 5) is 20.6. The number of anilines is 1. The average Bonchev–Trinajstić information content (AvgIpc) is 3.35. The van der Waals surface area contributed by atoms with Crippen molar-refractivity contribution in [1.82, 2.24) is 29.5 Å². The van der Waals surface area contributed by atoms with Crippen LogP contribution in [0.15, 0.2) is 73.6 Å². The zero-order chi connectivity index (χ0) is 18.5. The molecule has 4 rings (SSSR count). The highest BCUT2D eigenvalue weighted by Crippen LogP contribution is 2.10. The maximum Gasteiger partial charge on any atom is 0.256 e. The van der Waals surface area contributed by atoms with Crippen LogP contribution < -0.4 is 5.32 Å². The molecule has 1 aromatic carbocycles. The van der Waals surface area contributed by atoms with E-state index in [9.17, 15) is 4.79 Å². The van der Waals surface area contributed by atoms with Crippen LogP contribution in [-0.4, -0.2) is 35.4 Å². The summed E-state index contributed by atoms with van der Waals surface area (Å²) >= 11 is 0. The summed E-state index contributed by atoms with van der Waals surface area (Å²) in [5.41, 5.74) is 2.51. The number of nitrogens with one attached hydrogen (secondary N) is 1. The van der Waals surface area contributed by atoms with Crippen LogP contribution in [0.25, 0.3) is 0 Å². The molecule has 1 amide bonds. The Morgan fingerprint density at radius 3 is 2.63 bits per heavy atom. The van der Waals surface area contributed by atoms with Crippen LogP contribution in [0.1, 0.15) is 21.6 Å². The number of amides is 1. The van der Waals surface area contributed by atoms with Crippen molar-refractivity contribution in [3.05, 3.63) is 90.4 Å². The average molecular weight is 359 g/mol. The zero-order valence-corrected chi connectivity index (χ0v) is 14.4. The van der Waals surface area contributed by atoms with Gasteiger partial charge in [-0.05, 0) is 29.8 Å². The highest BCUT2D eigenvalue weighted by atomic mass is 16.1. The molecule has 0 radical (unpaired) electrons. The van der Waals surface area contributed by atoms with Gasteiger partial charge in [0.2, 0.25) is 0 Å². The molecule has 0 fully saturated rings. The molecule has 1 N–H and O–H groups in total. The first kappa shape index (κ1) is 16.6. The molecule has 0 spiro atoms. The molecular weight excluding hydrogens is 342 g/mol. The maximum atomic E-state index is 12.4. The third-order valence-electron chi connectivity index (χ3n) is 3.96. The Hall–Kier alpha value is -3.81. The lowest BCUT2D eigenvalue weighted by Crippen LogP contribution is -2.13. The van der Waals surface area contributed by atoms with Crippen molar-refractivity contribution >= 4 is 11.7 Å². The lowest BCUT2D eigenvalue weighted by Gasteiger charge is -2.05. The van der Waals surface area contributed by atoms with Gasteiger partial charge >= 0.3 is 0 Å². The van der Waals surface area contributed by atoms with Crippen LogP contribution in [0.5, 0.6) is 0 Å². The molecular formula is C19H17N7O. The van der Waals surface area contributed by atoms with E-state index in [4.69, 9.17) is 0 Å². The number of pyridine rings is 1. The quantitative estimate of drug-likeness (QED) is 0.570. The summed E-state index contributed by atoms with van der Waals surface area (Å²) in [6.45, 7) is 1.16. The lowest BCUT2D eigenvalue weighted by atomic mass is 10.1. The summed E-state index contributed by atoms with van der Waals surface area (Å²) in [6, 6.07) is 14.9. The second-order valence-electron chi connectivity index (χ2n) is 5.96.